The van der Waals surface area contributed by atoms with Crippen molar-refractivity contribution in [2.75, 3.05) is 18.8 Å². The summed E-state index contributed by atoms with van der Waals surface area (Å²) in [5, 5.41) is 0. The Labute approximate surface area is 96.2 Å². The van der Waals surface area contributed by atoms with E-state index in [1.54, 1.807) is 12.1 Å². The Hall–Kier alpha value is -1.09. The normalized spacial score (nSPS) is 15.7. The average molecular weight is 222 g/mol. The summed E-state index contributed by atoms with van der Waals surface area (Å²) in [6.45, 7) is 4.89. The lowest BCUT2D eigenvalue weighted by Crippen LogP contribution is -2.25. The predicted octanol–water partition coefficient (Wildman–Crippen LogP) is 2.64. The summed E-state index contributed by atoms with van der Waals surface area (Å²) in [5.41, 5.74) is 6.77. The van der Waals surface area contributed by atoms with Gasteiger partial charge in [0.25, 0.3) is 0 Å². The standard InChI is InChI=1S/C13H19FN2/c1-2-16(8-10-3-4-10)9-11-5-6-12(15)7-13(11)14/h5-7,10H,2-4,8-9,15H2,1H3. The van der Waals surface area contributed by atoms with Crippen molar-refractivity contribution in [3.8, 4) is 0 Å². The molecule has 16 heavy (non-hydrogen) atoms. The second-order valence-electron chi connectivity index (χ2n) is 4.62. The maximum Gasteiger partial charge on any atom is 0.129 e. The van der Waals surface area contributed by atoms with Gasteiger partial charge in [-0.05, 0) is 37.4 Å². The van der Waals surface area contributed by atoms with Crippen LogP contribution in [0.2, 0.25) is 0 Å². The van der Waals surface area contributed by atoms with Crippen molar-refractivity contribution in [2.24, 2.45) is 5.92 Å². The first-order valence-electron chi connectivity index (χ1n) is 5.95. The largest absolute Gasteiger partial charge is 0.399 e. The lowest BCUT2D eigenvalue weighted by molar-refractivity contribution is 0.264. The molecule has 3 heteroatoms. The zero-order valence-corrected chi connectivity index (χ0v) is 9.75. The Balaban J connectivity index is 1.99. The molecular formula is C13H19FN2. The van der Waals surface area contributed by atoms with Crippen LogP contribution in [0.15, 0.2) is 18.2 Å². The molecule has 2 N–H and O–H groups in total. The van der Waals surface area contributed by atoms with Gasteiger partial charge >= 0.3 is 0 Å². The second kappa shape index (κ2) is 4.83. The number of anilines is 1. The van der Waals surface area contributed by atoms with Crippen molar-refractivity contribution in [3.63, 3.8) is 0 Å². The van der Waals surface area contributed by atoms with Gasteiger partial charge in [0.1, 0.15) is 5.82 Å². The molecule has 0 bridgehead atoms. The van der Waals surface area contributed by atoms with E-state index in [2.05, 4.69) is 11.8 Å². The molecule has 0 saturated heterocycles. The highest BCUT2D eigenvalue weighted by atomic mass is 19.1. The lowest BCUT2D eigenvalue weighted by atomic mass is 10.1. The van der Waals surface area contributed by atoms with Gasteiger partial charge < -0.3 is 5.73 Å². The first kappa shape index (κ1) is 11.4. The monoisotopic (exact) mass is 222 g/mol. The molecule has 0 amide bonds. The van der Waals surface area contributed by atoms with Crippen LogP contribution >= 0.6 is 0 Å². The van der Waals surface area contributed by atoms with Gasteiger partial charge in [0.05, 0.1) is 0 Å². The Morgan fingerprint density at radius 3 is 2.75 bits per heavy atom. The highest BCUT2D eigenvalue weighted by Crippen LogP contribution is 2.30. The summed E-state index contributed by atoms with van der Waals surface area (Å²) in [6.07, 6.45) is 2.67. The summed E-state index contributed by atoms with van der Waals surface area (Å²) in [7, 11) is 0. The van der Waals surface area contributed by atoms with Crippen LogP contribution < -0.4 is 5.73 Å². The van der Waals surface area contributed by atoms with E-state index in [0.717, 1.165) is 24.6 Å². The molecule has 2 rings (SSSR count). The van der Waals surface area contributed by atoms with Crippen molar-refractivity contribution in [1.29, 1.82) is 0 Å². The quantitative estimate of drug-likeness (QED) is 0.776. The molecule has 0 radical (unpaired) electrons. The molecule has 0 aromatic heterocycles. The first-order valence-corrected chi connectivity index (χ1v) is 5.95. The number of nitrogens with two attached hydrogens (primary N) is 1. The lowest BCUT2D eigenvalue weighted by Gasteiger charge is -2.20. The minimum Gasteiger partial charge on any atom is -0.399 e. The van der Waals surface area contributed by atoms with E-state index in [0.29, 0.717) is 12.2 Å². The number of hydrogen-bond acceptors (Lipinski definition) is 2. The van der Waals surface area contributed by atoms with E-state index in [1.165, 1.54) is 18.9 Å². The maximum absolute atomic E-state index is 13.6. The Kier molecular flexibility index (Phi) is 3.44. The Morgan fingerprint density at radius 2 is 2.19 bits per heavy atom. The summed E-state index contributed by atoms with van der Waals surface area (Å²) in [6, 6.07) is 4.96. The number of nitrogen functional groups attached to an aromatic ring is 1. The van der Waals surface area contributed by atoms with Crippen molar-refractivity contribution in [2.45, 2.75) is 26.3 Å². The highest BCUT2D eigenvalue weighted by molar-refractivity contribution is 5.40. The van der Waals surface area contributed by atoms with Crippen LogP contribution in [-0.4, -0.2) is 18.0 Å². The van der Waals surface area contributed by atoms with Gasteiger partial charge in [-0.15, -0.1) is 0 Å². The van der Waals surface area contributed by atoms with Crippen LogP contribution in [0.3, 0.4) is 0 Å². The van der Waals surface area contributed by atoms with Crippen LogP contribution in [0.5, 0.6) is 0 Å². The molecule has 1 aromatic carbocycles. The van der Waals surface area contributed by atoms with Gasteiger partial charge in [0.2, 0.25) is 0 Å². The van der Waals surface area contributed by atoms with Crippen LogP contribution in [0.4, 0.5) is 10.1 Å². The van der Waals surface area contributed by atoms with Crippen LogP contribution in [0.1, 0.15) is 25.3 Å². The minimum atomic E-state index is -0.186. The molecule has 1 aromatic rings. The topological polar surface area (TPSA) is 29.3 Å². The van der Waals surface area contributed by atoms with Crippen LogP contribution in [0.25, 0.3) is 0 Å². The number of rotatable bonds is 5. The molecule has 1 saturated carbocycles. The molecule has 0 atom stereocenters. The zero-order valence-electron chi connectivity index (χ0n) is 9.75. The fraction of sp³-hybridized carbons (Fsp3) is 0.538. The van der Waals surface area contributed by atoms with Gasteiger partial charge in [-0.25, -0.2) is 4.39 Å². The molecule has 0 spiro atoms. The predicted molar refractivity (Wildman–Crippen MR) is 64.5 cm³/mol. The molecule has 0 unspecified atom stereocenters. The van der Waals surface area contributed by atoms with E-state index in [4.69, 9.17) is 5.73 Å². The fourth-order valence-electron chi connectivity index (χ4n) is 1.90. The number of hydrogen-bond donors (Lipinski definition) is 1. The van der Waals surface area contributed by atoms with E-state index < -0.39 is 0 Å². The van der Waals surface area contributed by atoms with E-state index in [-0.39, 0.29) is 5.82 Å². The van der Waals surface area contributed by atoms with Crippen molar-refractivity contribution in [3.05, 3.63) is 29.6 Å². The van der Waals surface area contributed by atoms with Gasteiger partial charge in [-0.3, -0.25) is 4.90 Å². The Morgan fingerprint density at radius 1 is 1.44 bits per heavy atom. The smallest absolute Gasteiger partial charge is 0.129 e. The summed E-state index contributed by atoms with van der Waals surface area (Å²) in [4.78, 5) is 2.30. The van der Waals surface area contributed by atoms with Crippen LogP contribution in [0, 0.1) is 11.7 Å². The van der Waals surface area contributed by atoms with Crippen molar-refractivity contribution in [1.82, 2.24) is 4.90 Å². The first-order chi connectivity index (χ1) is 7.69. The van der Waals surface area contributed by atoms with Gasteiger partial charge in [0, 0.05) is 24.3 Å². The van der Waals surface area contributed by atoms with Gasteiger partial charge in [0.15, 0.2) is 0 Å². The zero-order chi connectivity index (χ0) is 11.5. The molecule has 2 nitrogen and oxygen atoms in total. The highest BCUT2D eigenvalue weighted by Gasteiger charge is 2.23. The molecule has 0 heterocycles. The fourth-order valence-corrected chi connectivity index (χ4v) is 1.90. The second-order valence-corrected chi connectivity index (χ2v) is 4.62. The summed E-state index contributed by atoms with van der Waals surface area (Å²) >= 11 is 0. The molecular weight excluding hydrogens is 203 g/mol. The third kappa shape index (κ3) is 2.95. The van der Waals surface area contributed by atoms with Crippen molar-refractivity contribution < 1.29 is 4.39 Å². The molecule has 1 aliphatic carbocycles. The number of nitrogens with zero attached hydrogens (tertiary/aromatic N) is 1. The van der Waals surface area contributed by atoms with E-state index >= 15 is 0 Å². The molecule has 88 valence electrons. The van der Waals surface area contributed by atoms with Crippen LogP contribution in [-0.2, 0) is 6.54 Å². The summed E-state index contributed by atoms with van der Waals surface area (Å²) in [5.74, 6) is 0.658. The van der Waals surface area contributed by atoms with Gasteiger partial charge in [-0.1, -0.05) is 13.0 Å². The molecule has 1 aliphatic rings. The average Bonchev–Trinajstić information content (AvgIpc) is 3.04. The third-order valence-corrected chi connectivity index (χ3v) is 3.13. The SMILES string of the molecule is CCN(Cc1ccc(N)cc1F)CC1CC1. The number of halogens is 1. The molecule has 0 aliphatic heterocycles. The maximum atomic E-state index is 13.6. The van der Waals surface area contributed by atoms with E-state index in [9.17, 15) is 4.39 Å². The van der Waals surface area contributed by atoms with Crippen molar-refractivity contribution >= 4 is 5.69 Å². The van der Waals surface area contributed by atoms with Gasteiger partial charge in [-0.2, -0.15) is 0 Å². The molecule has 1 fully saturated rings. The minimum absolute atomic E-state index is 0.186. The Bertz CT molecular complexity index is 361. The third-order valence-electron chi connectivity index (χ3n) is 3.13. The number of benzene rings is 1. The summed E-state index contributed by atoms with van der Waals surface area (Å²) < 4.78 is 13.6. The van der Waals surface area contributed by atoms with E-state index in [1.807, 2.05) is 0 Å².